The normalized spacial score (nSPS) is 23.2. The van der Waals surface area contributed by atoms with Gasteiger partial charge in [0.1, 0.15) is 17.0 Å². The van der Waals surface area contributed by atoms with Crippen molar-refractivity contribution in [2.75, 3.05) is 0 Å². The molecule has 4 nitrogen and oxygen atoms in total. The summed E-state index contributed by atoms with van der Waals surface area (Å²) in [6.07, 6.45) is 1.83. The summed E-state index contributed by atoms with van der Waals surface area (Å²) in [5.74, 6) is -0.966. The lowest BCUT2D eigenvalue weighted by atomic mass is 9.55. The minimum absolute atomic E-state index is 0.0393. The number of rotatable bonds is 2. The van der Waals surface area contributed by atoms with Gasteiger partial charge < -0.3 is 4.42 Å². The van der Waals surface area contributed by atoms with Crippen LogP contribution in [0.5, 0.6) is 0 Å². The highest BCUT2D eigenvalue weighted by molar-refractivity contribution is 6.31. The van der Waals surface area contributed by atoms with Gasteiger partial charge in [0.05, 0.1) is 6.26 Å². The van der Waals surface area contributed by atoms with Crippen molar-refractivity contribution in [3.63, 3.8) is 0 Å². The smallest absolute Gasteiger partial charge is 0.178 e. The van der Waals surface area contributed by atoms with Gasteiger partial charge in [0.15, 0.2) is 11.6 Å². The second-order valence-corrected chi connectivity index (χ2v) is 7.55. The highest BCUT2D eigenvalue weighted by Crippen LogP contribution is 2.60. The van der Waals surface area contributed by atoms with Crippen LogP contribution in [0.3, 0.4) is 0 Å². The maximum atomic E-state index is 13.8. The van der Waals surface area contributed by atoms with E-state index in [9.17, 15) is 14.4 Å². The molecule has 0 radical (unpaired) electrons. The van der Waals surface area contributed by atoms with Gasteiger partial charge in [0.2, 0.25) is 0 Å². The van der Waals surface area contributed by atoms with Gasteiger partial charge in [-0.1, -0.05) is 54.6 Å². The Morgan fingerprint density at radius 1 is 0.714 bits per heavy atom. The molecule has 2 aromatic carbocycles. The Bertz CT molecular complexity index is 1040. The Hall–Kier alpha value is -3.27. The van der Waals surface area contributed by atoms with Crippen LogP contribution in [0, 0.1) is 5.41 Å². The predicted molar refractivity (Wildman–Crippen MR) is 102 cm³/mol. The first-order valence-corrected chi connectivity index (χ1v) is 9.42. The fourth-order valence-electron chi connectivity index (χ4n) is 5.05. The number of fused-ring (bicyclic) bond motifs is 1. The maximum Gasteiger partial charge on any atom is 0.178 e. The van der Waals surface area contributed by atoms with Gasteiger partial charge in [0.25, 0.3) is 0 Å². The number of ketones is 3. The lowest BCUT2D eigenvalue weighted by Crippen LogP contribution is -2.49. The molecular formula is C24H18O4. The minimum Gasteiger partial charge on any atom is -0.469 e. The average Bonchev–Trinajstić information content (AvgIpc) is 3.33. The van der Waals surface area contributed by atoms with Crippen molar-refractivity contribution in [1.82, 2.24) is 0 Å². The van der Waals surface area contributed by atoms with Gasteiger partial charge in [-0.2, -0.15) is 0 Å². The molecular weight excluding hydrogens is 352 g/mol. The molecule has 5 rings (SSSR count). The van der Waals surface area contributed by atoms with E-state index >= 15 is 0 Å². The molecule has 3 aromatic rings. The van der Waals surface area contributed by atoms with E-state index in [1.807, 2.05) is 30.3 Å². The first kappa shape index (κ1) is 16.9. The van der Waals surface area contributed by atoms with Gasteiger partial charge in [-0.05, 0) is 17.7 Å². The zero-order valence-corrected chi connectivity index (χ0v) is 15.1. The van der Waals surface area contributed by atoms with Crippen LogP contribution in [0.4, 0.5) is 0 Å². The van der Waals surface area contributed by atoms with Crippen molar-refractivity contribution in [3.8, 4) is 0 Å². The number of Topliss-reactive ketones (excluding diaryl/α,β-unsaturated/α-hetero) is 3. The van der Waals surface area contributed by atoms with Crippen molar-refractivity contribution < 1.29 is 18.8 Å². The van der Waals surface area contributed by atoms with Gasteiger partial charge >= 0.3 is 0 Å². The van der Waals surface area contributed by atoms with Crippen LogP contribution >= 0.6 is 0 Å². The summed E-state index contributed by atoms with van der Waals surface area (Å²) in [5, 5.41) is 0. The van der Waals surface area contributed by atoms with Gasteiger partial charge in [-0.25, -0.2) is 0 Å². The van der Waals surface area contributed by atoms with E-state index in [1.54, 1.807) is 36.4 Å². The molecule has 0 bridgehead atoms. The minimum atomic E-state index is -1.35. The summed E-state index contributed by atoms with van der Waals surface area (Å²) in [4.78, 5) is 40.3. The first-order valence-electron chi connectivity index (χ1n) is 9.42. The SMILES string of the molecule is O=C1C[C@@H](c2ccccc2)C2(C(=O)c3ccccc3C2=O)[C@H](c2ccco2)C1. The number of hydrogen-bond acceptors (Lipinski definition) is 4. The van der Waals surface area contributed by atoms with Gasteiger partial charge in [0, 0.05) is 35.8 Å². The van der Waals surface area contributed by atoms with Crippen molar-refractivity contribution in [1.29, 1.82) is 0 Å². The largest absolute Gasteiger partial charge is 0.469 e. The standard InChI is InChI=1S/C24H18O4/c25-16-13-19(15-7-2-1-3-8-15)24(20(14-16)21-11-6-12-28-21)22(26)17-9-4-5-10-18(17)23(24)27/h1-12,19-20H,13-14H2/t19-,20-/m0/s1. The van der Waals surface area contributed by atoms with Crippen LogP contribution in [-0.4, -0.2) is 17.3 Å². The molecule has 0 unspecified atom stereocenters. The Labute approximate surface area is 162 Å². The van der Waals surface area contributed by atoms with Crippen molar-refractivity contribution in [2.24, 2.45) is 5.41 Å². The number of carbonyl (C=O) groups is 3. The molecule has 0 amide bonds. The maximum absolute atomic E-state index is 13.8. The predicted octanol–water partition coefficient (Wildman–Crippen LogP) is 4.58. The van der Waals surface area contributed by atoms with Gasteiger partial charge in [-0.3, -0.25) is 14.4 Å². The molecule has 28 heavy (non-hydrogen) atoms. The quantitative estimate of drug-likeness (QED) is 0.620. The molecule has 1 heterocycles. The number of benzene rings is 2. The summed E-state index contributed by atoms with van der Waals surface area (Å²) in [6.45, 7) is 0. The molecule has 1 aromatic heterocycles. The topological polar surface area (TPSA) is 64.3 Å². The molecule has 2 aliphatic carbocycles. The molecule has 0 saturated heterocycles. The van der Waals surface area contributed by atoms with Gasteiger partial charge in [-0.15, -0.1) is 0 Å². The van der Waals surface area contributed by atoms with Crippen LogP contribution in [0.25, 0.3) is 0 Å². The molecule has 2 aliphatic rings. The van der Waals surface area contributed by atoms with E-state index in [4.69, 9.17) is 4.42 Å². The summed E-state index contributed by atoms with van der Waals surface area (Å²) in [7, 11) is 0. The molecule has 1 fully saturated rings. The number of furan rings is 1. The molecule has 138 valence electrons. The molecule has 1 spiro atoms. The second-order valence-electron chi connectivity index (χ2n) is 7.55. The van der Waals surface area contributed by atoms with E-state index in [-0.39, 0.29) is 30.2 Å². The monoisotopic (exact) mass is 370 g/mol. The van der Waals surface area contributed by atoms with E-state index < -0.39 is 17.3 Å². The molecule has 2 atom stereocenters. The molecule has 0 aliphatic heterocycles. The van der Waals surface area contributed by atoms with E-state index in [0.29, 0.717) is 16.9 Å². The molecule has 4 heteroatoms. The zero-order chi connectivity index (χ0) is 19.3. The summed E-state index contributed by atoms with van der Waals surface area (Å²) in [6, 6.07) is 19.9. The third-order valence-electron chi connectivity index (χ3n) is 6.22. The third-order valence-corrected chi connectivity index (χ3v) is 6.22. The number of hydrogen-bond donors (Lipinski definition) is 0. The average molecular weight is 370 g/mol. The van der Waals surface area contributed by atoms with Crippen molar-refractivity contribution in [3.05, 3.63) is 95.4 Å². The molecule has 0 N–H and O–H groups in total. The number of carbonyl (C=O) groups excluding carboxylic acids is 3. The van der Waals surface area contributed by atoms with E-state index in [2.05, 4.69) is 0 Å². The Balaban J connectivity index is 1.79. The van der Waals surface area contributed by atoms with Crippen LogP contribution in [0.15, 0.2) is 77.4 Å². The lowest BCUT2D eigenvalue weighted by molar-refractivity contribution is -0.122. The Morgan fingerprint density at radius 2 is 1.32 bits per heavy atom. The Kier molecular flexibility index (Phi) is 3.69. The second kappa shape index (κ2) is 6.13. The highest BCUT2D eigenvalue weighted by atomic mass is 16.3. The highest BCUT2D eigenvalue weighted by Gasteiger charge is 2.65. The van der Waals surface area contributed by atoms with Crippen molar-refractivity contribution in [2.45, 2.75) is 24.7 Å². The lowest BCUT2D eigenvalue weighted by Gasteiger charge is -2.43. The fourth-order valence-corrected chi connectivity index (χ4v) is 5.05. The summed E-state index contributed by atoms with van der Waals surface area (Å²) < 4.78 is 5.63. The zero-order valence-electron chi connectivity index (χ0n) is 15.1. The summed E-state index contributed by atoms with van der Waals surface area (Å²) >= 11 is 0. The molecule has 1 saturated carbocycles. The van der Waals surface area contributed by atoms with Crippen LogP contribution < -0.4 is 0 Å². The van der Waals surface area contributed by atoms with Crippen LogP contribution in [-0.2, 0) is 4.79 Å². The Morgan fingerprint density at radius 3 is 1.93 bits per heavy atom. The van der Waals surface area contributed by atoms with Crippen molar-refractivity contribution >= 4 is 17.3 Å². The first-order chi connectivity index (χ1) is 13.6. The summed E-state index contributed by atoms with van der Waals surface area (Å²) in [5.41, 5.74) is 0.372. The van der Waals surface area contributed by atoms with Crippen LogP contribution in [0.1, 0.15) is 56.7 Å². The van der Waals surface area contributed by atoms with E-state index in [1.165, 1.54) is 6.26 Å². The fraction of sp³-hybridized carbons (Fsp3) is 0.208. The third kappa shape index (κ3) is 2.15. The van der Waals surface area contributed by atoms with Crippen LogP contribution in [0.2, 0.25) is 0 Å². The van der Waals surface area contributed by atoms with E-state index in [0.717, 1.165) is 5.56 Å².